The fourth-order valence-corrected chi connectivity index (χ4v) is 3.33. The van der Waals surface area contributed by atoms with Crippen molar-refractivity contribution in [2.45, 2.75) is 39.5 Å². The number of phenolic OH excluding ortho intramolecular Hbond substituents is 1. The summed E-state index contributed by atoms with van der Waals surface area (Å²) in [5.74, 6) is -3.35. The van der Waals surface area contributed by atoms with Crippen LogP contribution in [-0.2, 0) is 10.5 Å². The molecule has 0 aliphatic carbocycles. The largest absolute Gasteiger partial charge is 0.508 e. The third-order valence-corrected chi connectivity index (χ3v) is 4.70. The molecular weight excluding hydrogens is 377 g/mol. The molecule has 0 heterocycles. The minimum Gasteiger partial charge on any atom is -0.508 e. The smallest absolute Gasteiger partial charge is 0.362 e. The third-order valence-electron chi connectivity index (χ3n) is 4.23. The van der Waals surface area contributed by atoms with Gasteiger partial charge in [-0.05, 0) is 66.8 Å². The standard InChI is InChI=1S/C19H23F2O5P/c1-11(2)16-9-14(5-6-17(16)22)19(20,21)18-12(3)7-15(8-13(18)4)26-10-27(23,24)25/h5-9,11,22H,10H2,1-4H3,(H2,23,24,25). The van der Waals surface area contributed by atoms with Crippen molar-refractivity contribution >= 4 is 7.60 Å². The zero-order valence-corrected chi connectivity index (χ0v) is 16.4. The number of halogens is 2. The first kappa shape index (κ1) is 21.4. The summed E-state index contributed by atoms with van der Waals surface area (Å²) in [4.78, 5) is 17.8. The van der Waals surface area contributed by atoms with E-state index in [9.17, 15) is 9.67 Å². The lowest BCUT2D eigenvalue weighted by Crippen LogP contribution is -2.19. The minimum atomic E-state index is -4.37. The van der Waals surface area contributed by atoms with Gasteiger partial charge in [0.15, 0.2) is 6.35 Å². The quantitative estimate of drug-likeness (QED) is 0.607. The summed E-state index contributed by atoms with van der Waals surface area (Å²) in [6.45, 7) is 6.59. The fourth-order valence-electron chi connectivity index (χ4n) is 3.02. The molecular formula is C19H23F2O5P. The number of rotatable bonds is 6. The summed E-state index contributed by atoms with van der Waals surface area (Å²) in [6, 6.07) is 6.42. The predicted molar refractivity (Wildman–Crippen MR) is 98.6 cm³/mol. The Kier molecular flexibility index (Phi) is 6.00. The maximum atomic E-state index is 15.2. The molecule has 0 atom stereocenters. The van der Waals surface area contributed by atoms with Crippen LogP contribution >= 0.6 is 7.60 Å². The summed E-state index contributed by atoms with van der Waals surface area (Å²) in [5.41, 5.74) is 0.467. The van der Waals surface area contributed by atoms with Gasteiger partial charge in [0.1, 0.15) is 11.5 Å². The molecule has 8 heteroatoms. The van der Waals surface area contributed by atoms with Gasteiger partial charge >= 0.3 is 7.60 Å². The topological polar surface area (TPSA) is 87.0 Å². The van der Waals surface area contributed by atoms with Gasteiger partial charge in [-0.2, -0.15) is 8.78 Å². The number of hydrogen-bond acceptors (Lipinski definition) is 3. The lowest BCUT2D eigenvalue weighted by molar-refractivity contribution is 0.0413. The van der Waals surface area contributed by atoms with Gasteiger partial charge in [-0.25, -0.2) is 0 Å². The third kappa shape index (κ3) is 4.86. The molecule has 0 aliphatic heterocycles. The van der Waals surface area contributed by atoms with Crippen LogP contribution < -0.4 is 4.74 Å². The molecule has 3 N–H and O–H groups in total. The zero-order valence-electron chi connectivity index (χ0n) is 15.5. The Labute approximate surface area is 156 Å². The number of aromatic hydroxyl groups is 1. The van der Waals surface area contributed by atoms with E-state index in [0.29, 0.717) is 5.56 Å². The monoisotopic (exact) mass is 400 g/mol. The Bertz CT molecular complexity index is 867. The fraction of sp³-hybridized carbons (Fsp3) is 0.368. The number of benzene rings is 2. The Balaban J connectivity index is 2.47. The van der Waals surface area contributed by atoms with Crippen molar-refractivity contribution in [3.05, 3.63) is 58.1 Å². The van der Waals surface area contributed by atoms with Gasteiger partial charge in [0, 0.05) is 11.1 Å². The van der Waals surface area contributed by atoms with Crippen molar-refractivity contribution in [2.24, 2.45) is 0 Å². The lowest BCUT2D eigenvalue weighted by Gasteiger charge is -2.24. The molecule has 0 amide bonds. The Morgan fingerprint density at radius 1 is 1.11 bits per heavy atom. The molecule has 0 aliphatic rings. The average molecular weight is 400 g/mol. The van der Waals surface area contributed by atoms with Crippen molar-refractivity contribution in [2.75, 3.05) is 6.35 Å². The summed E-state index contributed by atoms with van der Waals surface area (Å²) in [7, 11) is -4.37. The van der Waals surface area contributed by atoms with E-state index in [2.05, 4.69) is 0 Å². The highest BCUT2D eigenvalue weighted by Gasteiger charge is 2.37. The summed E-state index contributed by atoms with van der Waals surface area (Å²) >= 11 is 0. The van der Waals surface area contributed by atoms with E-state index in [1.807, 2.05) is 0 Å². The number of hydrogen-bond donors (Lipinski definition) is 3. The molecule has 2 rings (SSSR count). The maximum absolute atomic E-state index is 15.2. The van der Waals surface area contributed by atoms with Crippen LogP contribution in [0.4, 0.5) is 8.78 Å². The van der Waals surface area contributed by atoms with Crippen molar-refractivity contribution in [1.29, 1.82) is 0 Å². The molecule has 2 aromatic carbocycles. The highest BCUT2D eigenvalue weighted by molar-refractivity contribution is 7.51. The first-order valence-corrected chi connectivity index (χ1v) is 10.1. The van der Waals surface area contributed by atoms with E-state index >= 15 is 8.78 Å². The van der Waals surface area contributed by atoms with Crippen molar-refractivity contribution in [3.63, 3.8) is 0 Å². The molecule has 5 nitrogen and oxygen atoms in total. The van der Waals surface area contributed by atoms with Crippen molar-refractivity contribution in [1.82, 2.24) is 0 Å². The van der Waals surface area contributed by atoms with E-state index in [1.165, 1.54) is 44.2 Å². The molecule has 148 valence electrons. The zero-order chi connectivity index (χ0) is 20.6. The first-order chi connectivity index (χ1) is 12.3. The second-order valence-corrected chi connectivity index (χ2v) is 8.46. The van der Waals surface area contributed by atoms with Crippen LogP contribution in [-0.4, -0.2) is 21.2 Å². The van der Waals surface area contributed by atoms with Gasteiger partial charge in [0.25, 0.3) is 5.92 Å². The van der Waals surface area contributed by atoms with Crippen LogP contribution in [0.2, 0.25) is 0 Å². The maximum Gasteiger partial charge on any atom is 0.362 e. The molecule has 2 aromatic rings. The summed E-state index contributed by atoms with van der Waals surface area (Å²) < 4.78 is 46.4. The van der Waals surface area contributed by atoms with E-state index in [4.69, 9.17) is 14.5 Å². The van der Waals surface area contributed by atoms with Crippen LogP contribution in [0.15, 0.2) is 30.3 Å². The SMILES string of the molecule is Cc1cc(OCP(=O)(O)O)cc(C)c1C(F)(F)c1ccc(O)c(C(C)C)c1. The van der Waals surface area contributed by atoms with Gasteiger partial charge < -0.3 is 19.6 Å². The Morgan fingerprint density at radius 2 is 1.67 bits per heavy atom. The molecule has 0 fully saturated rings. The van der Waals surface area contributed by atoms with Gasteiger partial charge in [0.2, 0.25) is 0 Å². The van der Waals surface area contributed by atoms with Crippen LogP contribution in [0.5, 0.6) is 11.5 Å². The van der Waals surface area contributed by atoms with E-state index in [0.717, 1.165) is 0 Å². The number of ether oxygens (including phenoxy) is 1. The van der Waals surface area contributed by atoms with E-state index < -0.39 is 19.9 Å². The average Bonchev–Trinajstić information content (AvgIpc) is 2.51. The molecule has 0 radical (unpaired) electrons. The number of aryl methyl sites for hydroxylation is 2. The van der Waals surface area contributed by atoms with E-state index in [-0.39, 0.29) is 39.7 Å². The molecule has 0 unspecified atom stereocenters. The van der Waals surface area contributed by atoms with Crippen molar-refractivity contribution in [3.8, 4) is 11.5 Å². The first-order valence-electron chi connectivity index (χ1n) is 8.33. The van der Waals surface area contributed by atoms with Crippen LogP contribution in [0, 0.1) is 13.8 Å². The summed E-state index contributed by atoms with van der Waals surface area (Å²) in [5, 5.41) is 9.89. The van der Waals surface area contributed by atoms with Crippen LogP contribution in [0.3, 0.4) is 0 Å². The Hall–Kier alpha value is -1.95. The second kappa shape index (κ2) is 7.58. The van der Waals surface area contributed by atoms with E-state index in [1.54, 1.807) is 13.8 Å². The van der Waals surface area contributed by atoms with Gasteiger partial charge in [-0.3, -0.25) is 4.57 Å². The van der Waals surface area contributed by atoms with Gasteiger partial charge in [-0.1, -0.05) is 13.8 Å². The van der Waals surface area contributed by atoms with Crippen LogP contribution in [0.1, 0.15) is 47.6 Å². The number of alkyl halides is 2. The lowest BCUT2D eigenvalue weighted by atomic mass is 9.90. The van der Waals surface area contributed by atoms with Gasteiger partial charge in [0.05, 0.1) is 0 Å². The Morgan fingerprint density at radius 3 is 2.15 bits per heavy atom. The molecule has 0 aromatic heterocycles. The number of phenols is 1. The molecule has 0 spiro atoms. The summed E-state index contributed by atoms with van der Waals surface area (Å²) in [6.07, 6.45) is -0.822. The van der Waals surface area contributed by atoms with Crippen LogP contribution in [0.25, 0.3) is 0 Å². The predicted octanol–water partition coefficient (Wildman–Crippen LogP) is 4.79. The highest BCUT2D eigenvalue weighted by Crippen LogP contribution is 2.43. The van der Waals surface area contributed by atoms with Gasteiger partial charge in [-0.15, -0.1) is 0 Å². The molecule has 0 saturated heterocycles. The van der Waals surface area contributed by atoms with Crippen molar-refractivity contribution < 1.29 is 33.0 Å². The minimum absolute atomic E-state index is 0.0285. The molecule has 27 heavy (non-hydrogen) atoms. The molecule has 0 bridgehead atoms. The second-order valence-electron chi connectivity index (χ2n) is 6.87. The molecule has 0 saturated carbocycles. The highest BCUT2D eigenvalue weighted by atomic mass is 31.2. The normalized spacial score (nSPS) is 12.5.